The van der Waals surface area contributed by atoms with Crippen LogP contribution in [0.5, 0.6) is 0 Å². The molecule has 3 heterocycles. The summed E-state index contributed by atoms with van der Waals surface area (Å²) in [6, 6.07) is 32.5. The highest BCUT2D eigenvalue weighted by atomic mass is 32.2. The number of nitrogens with zero attached hydrogens (tertiary/aromatic N) is 3. The number of carbonyl (C=O) groups is 2. The summed E-state index contributed by atoms with van der Waals surface area (Å²) in [5, 5.41) is 21.6. The Morgan fingerprint density at radius 2 is 1.67 bits per heavy atom. The summed E-state index contributed by atoms with van der Waals surface area (Å²) in [5.74, 6) is -0.132. The minimum Gasteiger partial charge on any atom is -0.375 e. The van der Waals surface area contributed by atoms with E-state index in [2.05, 4.69) is 16.1 Å². The summed E-state index contributed by atoms with van der Waals surface area (Å²) in [4.78, 5) is 43.8. The number of rotatable bonds is 8. The zero-order valence-corrected chi connectivity index (χ0v) is 27.8. The lowest BCUT2D eigenvalue weighted by molar-refractivity contribution is -0.384. The molecule has 7 rings (SSSR count). The van der Waals surface area contributed by atoms with Gasteiger partial charge in [-0.2, -0.15) is 0 Å². The molecule has 1 aromatic heterocycles. The molecule has 0 radical (unpaired) electrons. The topological polar surface area (TPSA) is 129 Å². The first-order valence-electron chi connectivity index (χ1n) is 15.5. The molecule has 244 valence electrons. The molecular weight excluding hydrogens is 657 g/mol. The van der Waals surface area contributed by atoms with Gasteiger partial charge >= 0.3 is 0 Å². The van der Waals surface area contributed by atoms with Crippen LogP contribution in [0.1, 0.15) is 43.4 Å². The molecular formula is C37H30N6O4S2. The average Bonchev–Trinajstić information content (AvgIpc) is 3.60. The molecule has 2 aliphatic heterocycles. The van der Waals surface area contributed by atoms with E-state index in [0.29, 0.717) is 27.7 Å². The molecule has 3 N–H and O–H groups in total. The van der Waals surface area contributed by atoms with Gasteiger partial charge in [0, 0.05) is 17.7 Å². The first-order valence-corrected chi connectivity index (χ1v) is 17.3. The quantitative estimate of drug-likeness (QED) is 0.111. The largest absolute Gasteiger partial charge is 0.375 e. The Morgan fingerprint density at radius 1 is 0.939 bits per heavy atom. The Hall–Kier alpha value is -5.72. The highest BCUT2D eigenvalue weighted by Gasteiger charge is 2.45. The lowest BCUT2D eigenvalue weighted by Crippen LogP contribution is -2.48. The second-order valence-corrected chi connectivity index (χ2v) is 13.6. The molecule has 0 spiro atoms. The number of hydrogen-bond acceptors (Lipinski definition) is 9. The molecule has 2 aliphatic rings. The predicted octanol–water partition coefficient (Wildman–Crippen LogP) is 8.22. The van der Waals surface area contributed by atoms with Crippen LogP contribution in [0.15, 0.2) is 126 Å². The monoisotopic (exact) mass is 686 g/mol. The van der Waals surface area contributed by atoms with Gasteiger partial charge in [0.1, 0.15) is 16.2 Å². The fourth-order valence-corrected chi connectivity index (χ4v) is 8.15. The highest BCUT2D eigenvalue weighted by molar-refractivity contribution is 8.01. The van der Waals surface area contributed by atoms with Gasteiger partial charge in [-0.25, -0.2) is 4.99 Å². The van der Waals surface area contributed by atoms with E-state index >= 15 is 0 Å². The van der Waals surface area contributed by atoms with Crippen molar-refractivity contribution in [2.75, 3.05) is 10.6 Å². The number of benzene rings is 4. The third-order valence-corrected chi connectivity index (χ3v) is 10.6. The lowest BCUT2D eigenvalue weighted by atomic mass is 10.0. The normalized spacial score (nSPS) is 18.1. The van der Waals surface area contributed by atoms with E-state index in [1.165, 1.54) is 17.4 Å². The lowest BCUT2D eigenvalue weighted by Gasteiger charge is -2.26. The van der Waals surface area contributed by atoms with E-state index in [1.54, 1.807) is 53.2 Å². The molecule has 2 amide bonds. The summed E-state index contributed by atoms with van der Waals surface area (Å²) in [5.41, 5.74) is 7.82. The van der Waals surface area contributed by atoms with Gasteiger partial charge in [0.25, 0.3) is 17.5 Å². The van der Waals surface area contributed by atoms with Crippen LogP contribution in [0, 0.1) is 17.0 Å². The average molecular weight is 687 g/mol. The molecule has 12 heteroatoms. The number of amidine groups is 1. The number of amides is 2. The van der Waals surface area contributed by atoms with Crippen LogP contribution in [0.3, 0.4) is 0 Å². The molecule has 0 bridgehead atoms. The number of hydrogen-bond donors (Lipinski definition) is 3. The summed E-state index contributed by atoms with van der Waals surface area (Å²) in [6.07, 6.45) is 4.00. The molecule has 3 atom stereocenters. The zero-order valence-electron chi connectivity index (χ0n) is 26.1. The number of non-ortho nitro benzene ring substituents is 1. The van der Waals surface area contributed by atoms with Crippen molar-refractivity contribution in [3.8, 4) is 0 Å². The Morgan fingerprint density at radius 3 is 2.45 bits per heavy atom. The molecule has 0 saturated carbocycles. The maximum absolute atomic E-state index is 14.2. The number of carbonyl (C=O) groups excluding carboxylic acids is 2. The SMILES string of the molecule is Cc1csc(NC(=O)c2ccccc2)c1C(=O)NN1C2=Nc3ccccc3NC(c3cccc([N+](=O)[O-])c3)C2SC1/C=C/c1ccccc1. The Labute approximate surface area is 290 Å². The zero-order chi connectivity index (χ0) is 33.9. The number of aliphatic imine (C=N–C) groups is 1. The fraction of sp³-hybridized carbons (Fsp3) is 0.108. The van der Waals surface area contributed by atoms with E-state index in [-0.39, 0.29) is 16.8 Å². The van der Waals surface area contributed by atoms with Crippen molar-refractivity contribution >= 4 is 68.9 Å². The summed E-state index contributed by atoms with van der Waals surface area (Å²) < 4.78 is 0. The smallest absolute Gasteiger partial charge is 0.273 e. The summed E-state index contributed by atoms with van der Waals surface area (Å²) in [6.45, 7) is 1.83. The van der Waals surface area contributed by atoms with E-state index in [9.17, 15) is 19.7 Å². The van der Waals surface area contributed by atoms with Crippen LogP contribution < -0.4 is 16.1 Å². The molecule has 0 aliphatic carbocycles. The molecule has 5 aromatic rings. The van der Waals surface area contributed by atoms with Crippen molar-refractivity contribution in [1.29, 1.82) is 0 Å². The number of nitro benzene ring substituents is 1. The van der Waals surface area contributed by atoms with E-state index < -0.39 is 22.2 Å². The minimum atomic E-state index is -0.426. The van der Waals surface area contributed by atoms with Gasteiger partial charge in [-0.05, 0) is 59.3 Å². The van der Waals surface area contributed by atoms with Crippen molar-refractivity contribution in [3.05, 3.63) is 159 Å². The van der Waals surface area contributed by atoms with Gasteiger partial charge in [0.05, 0.1) is 33.2 Å². The molecule has 1 fully saturated rings. The molecule has 3 unspecified atom stereocenters. The van der Waals surface area contributed by atoms with Crippen LogP contribution in [0.4, 0.5) is 22.1 Å². The standard InChI is InChI=1S/C37H30N6O4S2/c1-23-22-48-37(40-35(44)25-13-6-3-7-14-25)31(23)36(45)41-42-30(20-19-24-11-4-2-5-12-24)49-33-32(26-15-10-16-27(21-26)43(46)47)38-28-17-8-9-18-29(28)39-34(33)42/h2-22,30,32-33,38H,1H3,(H,40,44)(H,41,45)/b20-19+. The van der Waals surface area contributed by atoms with Gasteiger partial charge < -0.3 is 10.6 Å². The van der Waals surface area contributed by atoms with Crippen molar-refractivity contribution in [3.63, 3.8) is 0 Å². The molecule has 1 saturated heterocycles. The van der Waals surface area contributed by atoms with Crippen molar-refractivity contribution in [1.82, 2.24) is 10.4 Å². The third kappa shape index (κ3) is 6.69. The van der Waals surface area contributed by atoms with Gasteiger partial charge in [0.2, 0.25) is 0 Å². The Kier molecular flexibility index (Phi) is 8.97. The second kappa shape index (κ2) is 13.8. The van der Waals surface area contributed by atoms with Crippen molar-refractivity contribution in [2.45, 2.75) is 23.6 Å². The Bertz CT molecular complexity index is 2100. The number of anilines is 2. The van der Waals surface area contributed by atoms with Crippen LogP contribution in [0.2, 0.25) is 0 Å². The Balaban J connectivity index is 1.28. The molecule has 4 aromatic carbocycles. The number of nitrogens with one attached hydrogen (secondary N) is 3. The van der Waals surface area contributed by atoms with Gasteiger partial charge in [-0.1, -0.05) is 78.9 Å². The summed E-state index contributed by atoms with van der Waals surface area (Å²) >= 11 is 2.86. The highest BCUT2D eigenvalue weighted by Crippen LogP contribution is 2.46. The number of para-hydroxylation sites is 2. The number of nitro groups is 1. The predicted molar refractivity (Wildman–Crippen MR) is 196 cm³/mol. The number of thioether (sulfide) groups is 1. The van der Waals surface area contributed by atoms with Gasteiger partial charge in [-0.3, -0.25) is 30.1 Å². The number of hydrazine groups is 1. The maximum Gasteiger partial charge on any atom is 0.273 e. The first-order chi connectivity index (χ1) is 23.9. The van der Waals surface area contributed by atoms with Crippen LogP contribution in [0.25, 0.3) is 6.08 Å². The second-order valence-electron chi connectivity index (χ2n) is 11.4. The van der Waals surface area contributed by atoms with Crippen LogP contribution in [-0.2, 0) is 0 Å². The van der Waals surface area contributed by atoms with Crippen LogP contribution in [-0.4, -0.2) is 38.2 Å². The van der Waals surface area contributed by atoms with E-state index in [1.807, 2.05) is 91.2 Å². The minimum absolute atomic E-state index is 0.0120. The van der Waals surface area contributed by atoms with Crippen molar-refractivity contribution in [2.24, 2.45) is 4.99 Å². The molecule has 10 nitrogen and oxygen atoms in total. The number of aryl methyl sites for hydroxylation is 1. The van der Waals surface area contributed by atoms with Crippen LogP contribution >= 0.6 is 23.1 Å². The van der Waals surface area contributed by atoms with Gasteiger partial charge in [0.15, 0.2) is 0 Å². The summed E-state index contributed by atoms with van der Waals surface area (Å²) in [7, 11) is 0. The van der Waals surface area contributed by atoms with Gasteiger partial charge in [-0.15, -0.1) is 23.1 Å². The number of fused-ring (bicyclic) bond motifs is 2. The number of thiophene rings is 1. The maximum atomic E-state index is 14.2. The van der Waals surface area contributed by atoms with Crippen molar-refractivity contribution < 1.29 is 14.5 Å². The third-order valence-electron chi connectivity index (χ3n) is 8.17. The fourth-order valence-electron chi connectivity index (χ4n) is 5.79. The van der Waals surface area contributed by atoms with E-state index in [4.69, 9.17) is 4.99 Å². The van der Waals surface area contributed by atoms with E-state index in [0.717, 1.165) is 22.4 Å². The first kappa shape index (κ1) is 31.9. The molecule has 49 heavy (non-hydrogen) atoms.